The van der Waals surface area contributed by atoms with Crippen molar-refractivity contribution in [1.29, 1.82) is 0 Å². The van der Waals surface area contributed by atoms with Gasteiger partial charge in [-0.1, -0.05) is 20.8 Å². The summed E-state index contributed by atoms with van der Waals surface area (Å²) >= 11 is 0. The van der Waals surface area contributed by atoms with Crippen LogP contribution in [0.15, 0.2) is 0 Å². The number of nitrogens with two attached hydrogens (primary N) is 1. The molecule has 28 heavy (non-hydrogen) atoms. The van der Waals surface area contributed by atoms with Gasteiger partial charge < -0.3 is 35.3 Å². The summed E-state index contributed by atoms with van der Waals surface area (Å²) in [6.07, 6.45) is -1.93. The summed E-state index contributed by atoms with van der Waals surface area (Å²) in [6, 6.07) is -0.673. The zero-order valence-electron chi connectivity index (χ0n) is 18.0. The second-order valence-electron chi connectivity index (χ2n) is 8.07. The third kappa shape index (κ3) is 6.75. The normalized spacial score (nSPS) is 30.0. The number of rotatable bonds is 8. The standard InChI is InChI=1S/C11H20O3.C8H17NO5/c1-6-11(5,9(13)14)7-10(3,4)8(2)12;1-12-7-4(3-10)14-8(13-2)5(9)6(7)11/h6-7H2,1-5H3,(H,13,14);4-8,10-11H,3,9H2,1-2H3. The average molecular weight is 408 g/mol. The van der Waals surface area contributed by atoms with E-state index in [1.807, 2.05) is 6.92 Å². The minimum atomic E-state index is -0.907. The molecular weight excluding hydrogens is 370 g/mol. The van der Waals surface area contributed by atoms with E-state index in [4.69, 9.17) is 30.2 Å². The zero-order chi connectivity index (χ0) is 22.3. The van der Waals surface area contributed by atoms with Gasteiger partial charge in [0.15, 0.2) is 6.29 Å². The number of hydrogen-bond acceptors (Lipinski definition) is 8. The predicted molar refractivity (Wildman–Crippen MR) is 103 cm³/mol. The Balaban J connectivity index is 0.000000521. The first-order valence-corrected chi connectivity index (χ1v) is 9.31. The predicted octanol–water partition coefficient (Wildman–Crippen LogP) is 0.546. The summed E-state index contributed by atoms with van der Waals surface area (Å²) in [5.41, 5.74) is 4.31. The van der Waals surface area contributed by atoms with Crippen LogP contribution in [-0.4, -0.2) is 78.5 Å². The SMILES string of the molecule is CCC(C)(CC(C)(C)C(C)=O)C(=O)O.COC1OC(CO)C(OC)C(O)C1N. The summed E-state index contributed by atoms with van der Waals surface area (Å²) in [6.45, 7) is 8.39. The molecule has 0 aromatic rings. The Morgan fingerprint density at radius 2 is 1.71 bits per heavy atom. The lowest BCUT2D eigenvalue weighted by Crippen LogP contribution is -2.62. The first-order valence-electron chi connectivity index (χ1n) is 9.31. The molecule has 1 rings (SSSR count). The van der Waals surface area contributed by atoms with Crippen LogP contribution in [0, 0.1) is 10.8 Å². The lowest BCUT2D eigenvalue weighted by molar-refractivity contribution is -0.262. The van der Waals surface area contributed by atoms with Gasteiger partial charge in [0.25, 0.3) is 0 Å². The highest BCUT2D eigenvalue weighted by atomic mass is 16.7. The maximum atomic E-state index is 11.3. The molecular formula is C19H37NO8. The fraction of sp³-hybridized carbons (Fsp3) is 0.895. The first-order chi connectivity index (χ1) is 12.8. The van der Waals surface area contributed by atoms with E-state index < -0.39 is 47.4 Å². The van der Waals surface area contributed by atoms with Crippen LogP contribution in [0.2, 0.25) is 0 Å². The molecule has 5 N–H and O–H groups in total. The topological polar surface area (TPSA) is 149 Å². The summed E-state index contributed by atoms with van der Waals surface area (Å²) in [7, 11) is 2.86. The molecule has 9 nitrogen and oxygen atoms in total. The highest BCUT2D eigenvalue weighted by Crippen LogP contribution is 2.37. The quantitative estimate of drug-likeness (QED) is 0.452. The summed E-state index contributed by atoms with van der Waals surface area (Å²) in [4.78, 5) is 22.3. The maximum Gasteiger partial charge on any atom is 0.309 e. The Bertz CT molecular complexity index is 510. The molecule has 166 valence electrons. The van der Waals surface area contributed by atoms with Crippen molar-refractivity contribution >= 4 is 11.8 Å². The number of Topliss-reactive ketones (excluding diaryl/α,β-unsaturated/α-hetero) is 1. The minimum Gasteiger partial charge on any atom is -0.481 e. The van der Waals surface area contributed by atoms with Crippen LogP contribution in [0.1, 0.15) is 47.5 Å². The highest BCUT2D eigenvalue weighted by molar-refractivity contribution is 5.83. The molecule has 0 bridgehead atoms. The van der Waals surface area contributed by atoms with Crippen LogP contribution >= 0.6 is 0 Å². The Labute approximate surface area is 167 Å². The van der Waals surface area contributed by atoms with Crippen LogP contribution in [0.3, 0.4) is 0 Å². The van der Waals surface area contributed by atoms with Crippen LogP contribution < -0.4 is 5.73 Å². The lowest BCUT2D eigenvalue weighted by Gasteiger charge is -2.41. The number of carbonyl (C=O) groups is 2. The number of aliphatic hydroxyl groups excluding tert-OH is 2. The van der Waals surface area contributed by atoms with Gasteiger partial charge in [0.05, 0.1) is 18.1 Å². The van der Waals surface area contributed by atoms with Gasteiger partial charge in [-0.2, -0.15) is 0 Å². The fourth-order valence-electron chi connectivity index (χ4n) is 3.04. The van der Waals surface area contributed by atoms with Gasteiger partial charge in [-0.3, -0.25) is 9.59 Å². The van der Waals surface area contributed by atoms with Crippen molar-refractivity contribution in [2.75, 3.05) is 20.8 Å². The van der Waals surface area contributed by atoms with E-state index in [2.05, 4.69) is 0 Å². The van der Waals surface area contributed by atoms with Crippen LogP contribution in [-0.2, 0) is 23.8 Å². The maximum absolute atomic E-state index is 11.3. The van der Waals surface area contributed by atoms with Crippen molar-refractivity contribution in [3.8, 4) is 0 Å². The number of carboxylic acids is 1. The molecule has 0 spiro atoms. The molecule has 0 aromatic carbocycles. The molecule has 1 heterocycles. The number of carboxylic acid groups (broad SMARTS) is 1. The van der Waals surface area contributed by atoms with E-state index in [1.165, 1.54) is 21.1 Å². The van der Waals surface area contributed by atoms with Crippen molar-refractivity contribution in [3.63, 3.8) is 0 Å². The minimum absolute atomic E-state index is 0.0402. The smallest absolute Gasteiger partial charge is 0.309 e. The van der Waals surface area contributed by atoms with E-state index in [1.54, 1.807) is 20.8 Å². The number of hydrogen-bond donors (Lipinski definition) is 4. The lowest BCUT2D eigenvalue weighted by atomic mass is 9.71. The number of carbonyl (C=O) groups excluding carboxylic acids is 1. The monoisotopic (exact) mass is 407 g/mol. The molecule has 0 radical (unpaired) electrons. The molecule has 1 fully saturated rings. The first kappa shape index (κ1) is 26.9. The molecule has 0 saturated carbocycles. The van der Waals surface area contributed by atoms with Crippen molar-refractivity contribution in [2.45, 2.75) is 78.1 Å². The van der Waals surface area contributed by atoms with Crippen molar-refractivity contribution in [2.24, 2.45) is 16.6 Å². The van der Waals surface area contributed by atoms with E-state index in [-0.39, 0.29) is 12.4 Å². The average Bonchev–Trinajstić information content (AvgIpc) is 2.63. The Kier molecular flexibility index (Phi) is 10.7. The van der Waals surface area contributed by atoms with Crippen molar-refractivity contribution < 1.29 is 39.1 Å². The van der Waals surface area contributed by atoms with Crippen molar-refractivity contribution in [1.82, 2.24) is 0 Å². The number of aliphatic carboxylic acids is 1. The van der Waals surface area contributed by atoms with Crippen LogP contribution in [0.5, 0.6) is 0 Å². The molecule has 6 unspecified atom stereocenters. The fourth-order valence-corrected chi connectivity index (χ4v) is 3.04. The van der Waals surface area contributed by atoms with Gasteiger partial charge in [0.1, 0.15) is 24.1 Å². The molecule has 0 aromatic heterocycles. The van der Waals surface area contributed by atoms with Gasteiger partial charge in [-0.15, -0.1) is 0 Å². The van der Waals surface area contributed by atoms with Crippen LogP contribution in [0.4, 0.5) is 0 Å². The van der Waals surface area contributed by atoms with Crippen molar-refractivity contribution in [3.05, 3.63) is 0 Å². The summed E-state index contributed by atoms with van der Waals surface area (Å²) in [5.74, 6) is -0.784. The number of ether oxygens (including phenoxy) is 3. The van der Waals surface area contributed by atoms with Gasteiger partial charge in [-0.05, 0) is 26.7 Å². The third-order valence-electron chi connectivity index (χ3n) is 5.49. The van der Waals surface area contributed by atoms with E-state index >= 15 is 0 Å². The number of aliphatic hydroxyl groups is 2. The Hall–Kier alpha value is -1.10. The van der Waals surface area contributed by atoms with E-state index in [0.717, 1.165) is 0 Å². The van der Waals surface area contributed by atoms with Gasteiger partial charge in [-0.25, -0.2) is 0 Å². The molecule has 0 aliphatic carbocycles. The van der Waals surface area contributed by atoms with E-state index in [0.29, 0.717) is 12.8 Å². The Morgan fingerprint density at radius 1 is 1.18 bits per heavy atom. The third-order valence-corrected chi connectivity index (χ3v) is 5.49. The van der Waals surface area contributed by atoms with Gasteiger partial charge >= 0.3 is 5.97 Å². The summed E-state index contributed by atoms with van der Waals surface area (Å²) < 4.78 is 15.2. The second-order valence-corrected chi connectivity index (χ2v) is 8.07. The number of ketones is 1. The molecule has 1 aliphatic rings. The highest BCUT2D eigenvalue weighted by Gasteiger charge is 2.43. The zero-order valence-corrected chi connectivity index (χ0v) is 18.0. The van der Waals surface area contributed by atoms with Gasteiger partial charge in [0, 0.05) is 19.6 Å². The number of methoxy groups -OCH3 is 2. The molecule has 1 aliphatic heterocycles. The second kappa shape index (κ2) is 11.2. The van der Waals surface area contributed by atoms with Gasteiger partial charge in [0.2, 0.25) is 0 Å². The Morgan fingerprint density at radius 3 is 2.04 bits per heavy atom. The molecule has 6 atom stereocenters. The molecule has 9 heteroatoms. The summed E-state index contributed by atoms with van der Waals surface area (Å²) in [5, 5.41) is 27.8. The largest absolute Gasteiger partial charge is 0.481 e. The molecule has 0 amide bonds. The molecule has 1 saturated heterocycles. The van der Waals surface area contributed by atoms with Crippen LogP contribution in [0.25, 0.3) is 0 Å². The van der Waals surface area contributed by atoms with E-state index in [9.17, 15) is 14.7 Å².